The topological polar surface area (TPSA) is 33.7 Å². The molecule has 0 aromatic heterocycles. The second-order valence-electron chi connectivity index (χ2n) is 6.55. The Bertz CT molecular complexity index is 665. The van der Waals surface area contributed by atoms with Crippen molar-refractivity contribution in [2.45, 2.75) is 19.6 Å². The van der Waals surface area contributed by atoms with Crippen LogP contribution in [0.25, 0.3) is 0 Å². The summed E-state index contributed by atoms with van der Waals surface area (Å²) in [4.78, 5) is 2.47. The van der Waals surface area contributed by atoms with Gasteiger partial charge in [-0.15, -0.1) is 24.8 Å². The normalized spacial score (nSPS) is 14.0. The molecule has 4 nitrogen and oxygen atoms in total. The number of ether oxygens (including phenoxy) is 2. The van der Waals surface area contributed by atoms with Gasteiger partial charge in [0.1, 0.15) is 12.4 Å². The zero-order valence-corrected chi connectivity index (χ0v) is 18.3. The number of halogens is 3. The molecule has 1 heterocycles. The fourth-order valence-corrected chi connectivity index (χ4v) is 3.10. The highest BCUT2D eigenvalue weighted by molar-refractivity contribution is 6.30. The first kappa shape index (κ1) is 25.0. The zero-order valence-electron chi connectivity index (χ0n) is 15.9. The summed E-state index contributed by atoms with van der Waals surface area (Å²) in [5, 5.41) is 4.27. The average Bonchev–Trinajstić information content (AvgIpc) is 2.68. The molecule has 0 atom stereocenters. The summed E-state index contributed by atoms with van der Waals surface area (Å²) in [6, 6.07) is 16.0. The van der Waals surface area contributed by atoms with E-state index in [0.717, 1.165) is 68.7 Å². The average molecular weight is 448 g/mol. The Morgan fingerprint density at radius 2 is 1.75 bits per heavy atom. The van der Waals surface area contributed by atoms with E-state index in [1.54, 1.807) is 0 Å². The van der Waals surface area contributed by atoms with E-state index in [0.29, 0.717) is 6.61 Å². The minimum absolute atomic E-state index is 0. The number of morpholine rings is 1. The lowest BCUT2D eigenvalue weighted by Crippen LogP contribution is -2.37. The van der Waals surface area contributed by atoms with Gasteiger partial charge in [0.2, 0.25) is 0 Å². The van der Waals surface area contributed by atoms with Crippen molar-refractivity contribution in [3.63, 3.8) is 0 Å². The zero-order chi connectivity index (χ0) is 18.0. The fraction of sp³-hybridized carbons (Fsp3) is 0.429. The van der Waals surface area contributed by atoms with E-state index in [9.17, 15) is 0 Å². The van der Waals surface area contributed by atoms with Crippen LogP contribution in [-0.4, -0.2) is 44.3 Å². The van der Waals surface area contributed by atoms with Crippen molar-refractivity contribution in [3.8, 4) is 5.75 Å². The summed E-state index contributed by atoms with van der Waals surface area (Å²) < 4.78 is 11.3. The third-order valence-corrected chi connectivity index (χ3v) is 4.73. The van der Waals surface area contributed by atoms with Gasteiger partial charge >= 0.3 is 0 Å². The SMILES string of the molecule is Cl.Cl.Clc1ccc(COc2cccc(CNCCCN3CCOCC3)c2)cc1. The van der Waals surface area contributed by atoms with Crippen LogP contribution in [0.4, 0.5) is 0 Å². The molecule has 3 rings (SSSR count). The highest BCUT2D eigenvalue weighted by Gasteiger charge is 2.08. The number of hydrogen-bond donors (Lipinski definition) is 1. The molecule has 2 aromatic rings. The van der Waals surface area contributed by atoms with Gasteiger partial charge in [-0.3, -0.25) is 4.90 Å². The second-order valence-corrected chi connectivity index (χ2v) is 6.98. The van der Waals surface area contributed by atoms with Crippen LogP contribution >= 0.6 is 36.4 Å². The monoisotopic (exact) mass is 446 g/mol. The highest BCUT2D eigenvalue weighted by atomic mass is 35.5. The first-order chi connectivity index (χ1) is 12.8. The van der Waals surface area contributed by atoms with Crippen molar-refractivity contribution in [3.05, 3.63) is 64.7 Å². The maximum Gasteiger partial charge on any atom is 0.120 e. The van der Waals surface area contributed by atoms with Crippen molar-refractivity contribution in [1.82, 2.24) is 10.2 Å². The van der Waals surface area contributed by atoms with E-state index < -0.39 is 0 Å². The number of benzene rings is 2. The summed E-state index contributed by atoms with van der Waals surface area (Å²) in [7, 11) is 0. The molecule has 1 aliphatic rings. The quantitative estimate of drug-likeness (QED) is 0.571. The molecule has 1 aliphatic heterocycles. The molecule has 1 N–H and O–H groups in total. The minimum Gasteiger partial charge on any atom is -0.489 e. The van der Waals surface area contributed by atoms with Gasteiger partial charge in [0, 0.05) is 24.7 Å². The van der Waals surface area contributed by atoms with Crippen LogP contribution in [0.2, 0.25) is 5.02 Å². The summed E-state index contributed by atoms with van der Waals surface area (Å²) in [5.74, 6) is 0.896. The number of rotatable bonds is 9. The van der Waals surface area contributed by atoms with Crippen molar-refractivity contribution in [1.29, 1.82) is 0 Å². The third kappa shape index (κ3) is 8.99. The standard InChI is InChI=1S/C21H27ClN2O2.2ClH/c22-20-7-5-18(6-8-20)17-26-21-4-1-3-19(15-21)16-23-9-2-10-24-11-13-25-14-12-24;;/h1,3-8,15,23H,2,9-14,16-17H2;2*1H. The molecule has 0 amide bonds. The van der Waals surface area contributed by atoms with E-state index in [2.05, 4.69) is 22.3 Å². The van der Waals surface area contributed by atoms with E-state index >= 15 is 0 Å². The van der Waals surface area contributed by atoms with Gasteiger partial charge in [0.05, 0.1) is 13.2 Å². The largest absolute Gasteiger partial charge is 0.489 e. The predicted octanol–water partition coefficient (Wildman–Crippen LogP) is 4.57. The van der Waals surface area contributed by atoms with Crippen LogP contribution in [0.15, 0.2) is 48.5 Å². The molecule has 156 valence electrons. The van der Waals surface area contributed by atoms with Gasteiger partial charge in [0.15, 0.2) is 0 Å². The Kier molecular flexibility index (Phi) is 12.6. The lowest BCUT2D eigenvalue weighted by molar-refractivity contribution is 0.0374. The van der Waals surface area contributed by atoms with Crippen LogP contribution in [-0.2, 0) is 17.9 Å². The predicted molar refractivity (Wildman–Crippen MR) is 120 cm³/mol. The Labute approximate surface area is 185 Å². The maximum absolute atomic E-state index is 5.91. The highest BCUT2D eigenvalue weighted by Crippen LogP contribution is 2.16. The third-order valence-electron chi connectivity index (χ3n) is 4.48. The maximum atomic E-state index is 5.91. The molecular formula is C21H29Cl3N2O2. The van der Waals surface area contributed by atoms with Gasteiger partial charge in [-0.05, 0) is 54.9 Å². The summed E-state index contributed by atoms with van der Waals surface area (Å²) in [5.41, 5.74) is 2.35. The molecule has 0 saturated carbocycles. The van der Waals surface area contributed by atoms with Gasteiger partial charge in [0.25, 0.3) is 0 Å². The molecule has 0 bridgehead atoms. The van der Waals surface area contributed by atoms with E-state index in [-0.39, 0.29) is 24.8 Å². The Morgan fingerprint density at radius 3 is 2.50 bits per heavy atom. The molecule has 0 aliphatic carbocycles. The Balaban J connectivity index is 0.00000196. The van der Waals surface area contributed by atoms with E-state index in [1.165, 1.54) is 5.56 Å². The molecular weight excluding hydrogens is 419 g/mol. The molecule has 0 unspecified atom stereocenters. The van der Waals surface area contributed by atoms with Crippen LogP contribution in [0.5, 0.6) is 5.75 Å². The summed E-state index contributed by atoms with van der Waals surface area (Å²) in [6.07, 6.45) is 1.16. The van der Waals surface area contributed by atoms with Gasteiger partial charge in [-0.1, -0.05) is 35.9 Å². The first-order valence-electron chi connectivity index (χ1n) is 9.26. The molecule has 2 aromatic carbocycles. The molecule has 28 heavy (non-hydrogen) atoms. The number of nitrogens with zero attached hydrogens (tertiary/aromatic N) is 1. The van der Waals surface area contributed by atoms with Gasteiger partial charge < -0.3 is 14.8 Å². The van der Waals surface area contributed by atoms with Crippen molar-refractivity contribution >= 4 is 36.4 Å². The van der Waals surface area contributed by atoms with E-state index in [4.69, 9.17) is 21.1 Å². The van der Waals surface area contributed by atoms with Gasteiger partial charge in [-0.2, -0.15) is 0 Å². The lowest BCUT2D eigenvalue weighted by Gasteiger charge is -2.26. The van der Waals surface area contributed by atoms with Gasteiger partial charge in [-0.25, -0.2) is 0 Å². The van der Waals surface area contributed by atoms with Crippen molar-refractivity contribution < 1.29 is 9.47 Å². The Hall–Kier alpha value is -1.01. The molecule has 1 saturated heterocycles. The molecule has 0 radical (unpaired) electrons. The van der Waals surface area contributed by atoms with Crippen LogP contribution in [0.3, 0.4) is 0 Å². The summed E-state index contributed by atoms with van der Waals surface area (Å²) in [6.45, 7) is 7.44. The smallest absolute Gasteiger partial charge is 0.120 e. The second kappa shape index (κ2) is 14.0. The lowest BCUT2D eigenvalue weighted by atomic mass is 10.2. The van der Waals surface area contributed by atoms with Crippen LogP contribution in [0, 0.1) is 0 Å². The molecule has 0 spiro atoms. The van der Waals surface area contributed by atoms with Crippen molar-refractivity contribution in [2.75, 3.05) is 39.4 Å². The van der Waals surface area contributed by atoms with E-state index in [1.807, 2.05) is 36.4 Å². The first-order valence-corrected chi connectivity index (χ1v) is 9.64. The molecule has 7 heteroatoms. The fourth-order valence-electron chi connectivity index (χ4n) is 2.98. The molecule has 1 fully saturated rings. The number of hydrogen-bond acceptors (Lipinski definition) is 4. The minimum atomic E-state index is 0. The van der Waals surface area contributed by atoms with Crippen LogP contribution < -0.4 is 10.1 Å². The number of nitrogens with one attached hydrogen (secondary N) is 1. The summed E-state index contributed by atoms with van der Waals surface area (Å²) >= 11 is 5.91. The Morgan fingerprint density at radius 1 is 1.00 bits per heavy atom. The van der Waals surface area contributed by atoms with Crippen molar-refractivity contribution in [2.24, 2.45) is 0 Å². The van der Waals surface area contributed by atoms with Crippen LogP contribution in [0.1, 0.15) is 17.5 Å².